The molecule has 0 aliphatic rings. The van der Waals surface area contributed by atoms with Gasteiger partial charge in [0, 0.05) is 5.92 Å². The fourth-order valence-corrected chi connectivity index (χ4v) is 10.4. The number of amides is 2. The minimum absolute atomic E-state index is 0.100. The van der Waals surface area contributed by atoms with Gasteiger partial charge in [-0.1, -0.05) is 108 Å². The van der Waals surface area contributed by atoms with Gasteiger partial charge in [0.15, 0.2) is 0 Å². The molecule has 3 atom stereocenters. The summed E-state index contributed by atoms with van der Waals surface area (Å²) in [5.74, 6) is -1.44. The summed E-state index contributed by atoms with van der Waals surface area (Å²) in [6, 6.07) is 18.7. The molecule has 2 amide bonds. The van der Waals surface area contributed by atoms with Crippen LogP contribution in [0.1, 0.15) is 96.4 Å². The molecule has 2 aromatic carbocycles. The summed E-state index contributed by atoms with van der Waals surface area (Å²) in [6.45, 7) is 25.3. The van der Waals surface area contributed by atoms with Crippen LogP contribution in [0.2, 0.25) is 5.04 Å². The van der Waals surface area contributed by atoms with Gasteiger partial charge in [0.05, 0.1) is 6.61 Å². The lowest BCUT2D eigenvalue weighted by Gasteiger charge is -2.43. The van der Waals surface area contributed by atoms with Crippen LogP contribution in [0.4, 0.5) is 4.79 Å². The normalized spacial score (nSPS) is 14.9. The molecule has 9 heteroatoms. The third kappa shape index (κ3) is 11.6. The van der Waals surface area contributed by atoms with E-state index in [9.17, 15) is 14.4 Å². The molecule has 0 bridgehead atoms. The summed E-state index contributed by atoms with van der Waals surface area (Å²) < 4.78 is 18.4. The zero-order valence-electron chi connectivity index (χ0n) is 31.5. The standard InChI is InChI=1S/C39H60N2O6Si/c1-14-29(26-45-48(39(11,12)13,30-21-17-15-18-22-30)31-23-19-16-20-24-31)28(4)33(41-36(44)47-38(8,9)10)34(42)40-32(25-27(2)3)35(43)46-37(5,6)7/h14-24,27-28,32-33H,25-26H2,1-13H3,(H,40,42)(H,41,44)/b29-14+/t28-,32-,33+/m0/s1. The molecule has 0 aliphatic carbocycles. The van der Waals surface area contributed by atoms with Crippen molar-refractivity contribution in [3.63, 3.8) is 0 Å². The van der Waals surface area contributed by atoms with Crippen LogP contribution in [0.25, 0.3) is 0 Å². The van der Waals surface area contributed by atoms with E-state index >= 15 is 0 Å². The molecule has 2 aromatic rings. The van der Waals surface area contributed by atoms with Gasteiger partial charge in [0.2, 0.25) is 5.91 Å². The second-order valence-corrected chi connectivity index (χ2v) is 20.3. The number of esters is 1. The maximum absolute atomic E-state index is 14.1. The molecular weight excluding hydrogens is 621 g/mol. The molecule has 0 heterocycles. The van der Waals surface area contributed by atoms with E-state index in [0.29, 0.717) is 6.42 Å². The van der Waals surface area contributed by atoms with Gasteiger partial charge in [0.25, 0.3) is 8.32 Å². The third-order valence-corrected chi connectivity index (χ3v) is 13.0. The average Bonchev–Trinajstić information content (AvgIpc) is 2.96. The molecule has 0 saturated carbocycles. The first-order valence-corrected chi connectivity index (χ1v) is 18.9. The van der Waals surface area contributed by atoms with Crippen LogP contribution < -0.4 is 21.0 Å². The van der Waals surface area contributed by atoms with Gasteiger partial charge in [-0.25, -0.2) is 9.59 Å². The number of hydrogen-bond donors (Lipinski definition) is 2. The maximum atomic E-state index is 14.1. The Labute approximate surface area is 290 Å². The summed E-state index contributed by atoms with van der Waals surface area (Å²) in [5, 5.41) is 7.75. The Balaban J connectivity index is 2.54. The van der Waals surface area contributed by atoms with Crippen LogP contribution in [0.3, 0.4) is 0 Å². The minimum Gasteiger partial charge on any atom is -0.458 e. The molecule has 0 unspecified atom stereocenters. The predicted octanol–water partition coefficient (Wildman–Crippen LogP) is 6.91. The summed E-state index contributed by atoms with van der Waals surface area (Å²) in [5.41, 5.74) is -0.674. The fraction of sp³-hybridized carbons (Fsp3) is 0.564. The van der Waals surface area contributed by atoms with E-state index in [0.717, 1.165) is 15.9 Å². The predicted molar refractivity (Wildman–Crippen MR) is 197 cm³/mol. The highest BCUT2D eigenvalue weighted by atomic mass is 28.4. The van der Waals surface area contributed by atoms with E-state index in [1.807, 2.05) is 70.2 Å². The summed E-state index contributed by atoms with van der Waals surface area (Å²) in [6.07, 6.45) is 1.59. The Hall–Kier alpha value is -3.43. The van der Waals surface area contributed by atoms with E-state index in [1.54, 1.807) is 41.5 Å². The number of nitrogens with one attached hydrogen (secondary N) is 2. The topological polar surface area (TPSA) is 103 Å². The monoisotopic (exact) mass is 680 g/mol. The molecule has 0 radical (unpaired) electrons. The van der Waals surface area contributed by atoms with Gasteiger partial charge in [-0.15, -0.1) is 0 Å². The van der Waals surface area contributed by atoms with Crippen LogP contribution >= 0.6 is 0 Å². The first-order valence-electron chi connectivity index (χ1n) is 17.0. The molecule has 48 heavy (non-hydrogen) atoms. The zero-order chi connectivity index (χ0) is 36.5. The van der Waals surface area contributed by atoms with Crippen molar-refractivity contribution in [3.05, 3.63) is 72.3 Å². The van der Waals surface area contributed by atoms with Gasteiger partial charge in [-0.2, -0.15) is 0 Å². The fourth-order valence-electron chi connectivity index (χ4n) is 5.82. The van der Waals surface area contributed by atoms with E-state index in [4.69, 9.17) is 13.9 Å². The Bertz CT molecular complexity index is 1330. The number of benzene rings is 2. The van der Waals surface area contributed by atoms with Crippen LogP contribution in [-0.2, 0) is 23.5 Å². The minimum atomic E-state index is -2.90. The van der Waals surface area contributed by atoms with Gasteiger partial charge < -0.3 is 24.5 Å². The molecule has 0 saturated heterocycles. The number of rotatable bonds is 13. The summed E-state index contributed by atoms with van der Waals surface area (Å²) in [7, 11) is -2.90. The van der Waals surface area contributed by atoms with Gasteiger partial charge >= 0.3 is 12.1 Å². The maximum Gasteiger partial charge on any atom is 0.408 e. The van der Waals surface area contributed by atoms with Crippen LogP contribution in [0, 0.1) is 11.8 Å². The van der Waals surface area contributed by atoms with E-state index in [1.165, 1.54) is 0 Å². The third-order valence-electron chi connectivity index (χ3n) is 8.00. The highest BCUT2D eigenvalue weighted by molar-refractivity contribution is 6.99. The number of carbonyl (C=O) groups excluding carboxylic acids is 3. The Kier molecular flexibility index (Phi) is 14.3. The molecule has 2 N–H and O–H groups in total. The number of hydrogen-bond acceptors (Lipinski definition) is 6. The average molecular weight is 681 g/mol. The van der Waals surface area contributed by atoms with E-state index < -0.39 is 55.5 Å². The van der Waals surface area contributed by atoms with Crippen LogP contribution in [0.5, 0.6) is 0 Å². The van der Waals surface area contributed by atoms with Crippen molar-refractivity contribution in [1.82, 2.24) is 10.6 Å². The number of ether oxygens (including phenoxy) is 2. The first-order chi connectivity index (χ1) is 22.1. The molecule has 0 aromatic heterocycles. The highest BCUT2D eigenvalue weighted by Crippen LogP contribution is 2.37. The van der Waals surface area contributed by atoms with Gasteiger partial charge in [-0.3, -0.25) is 4.79 Å². The van der Waals surface area contributed by atoms with Crippen molar-refractivity contribution >= 4 is 36.7 Å². The Morgan fingerprint density at radius 3 is 1.62 bits per heavy atom. The quantitative estimate of drug-likeness (QED) is 0.135. The van der Waals surface area contributed by atoms with Gasteiger partial charge in [-0.05, 0) is 81.8 Å². The van der Waals surface area contributed by atoms with Crippen LogP contribution in [-0.4, -0.2) is 56.2 Å². The van der Waals surface area contributed by atoms with Crippen molar-refractivity contribution in [1.29, 1.82) is 0 Å². The van der Waals surface area contributed by atoms with Crippen molar-refractivity contribution in [2.24, 2.45) is 11.8 Å². The van der Waals surface area contributed by atoms with Crippen LogP contribution in [0.15, 0.2) is 72.3 Å². The molecule has 0 spiro atoms. The number of alkyl carbamates (subject to hydrolysis) is 1. The van der Waals surface area contributed by atoms with Crippen molar-refractivity contribution in [2.45, 2.75) is 125 Å². The second-order valence-electron chi connectivity index (χ2n) is 16.0. The molecule has 0 fully saturated rings. The van der Waals surface area contributed by atoms with E-state index in [-0.39, 0.29) is 17.6 Å². The lowest BCUT2D eigenvalue weighted by Crippen LogP contribution is -2.66. The first kappa shape index (κ1) is 40.7. The zero-order valence-corrected chi connectivity index (χ0v) is 32.5. The molecule has 266 valence electrons. The van der Waals surface area contributed by atoms with Crippen molar-refractivity contribution in [3.8, 4) is 0 Å². The SMILES string of the molecule is C/C=C(\CO[Si](c1ccccc1)(c1ccccc1)C(C)(C)C)[C@H](C)[C@@H](NC(=O)OC(C)(C)C)C(=O)N[C@@H](CC(C)C)C(=O)OC(C)(C)C. The molecule has 8 nitrogen and oxygen atoms in total. The molecule has 0 aliphatic heterocycles. The largest absolute Gasteiger partial charge is 0.458 e. The van der Waals surface area contributed by atoms with Crippen molar-refractivity contribution < 1.29 is 28.3 Å². The second kappa shape index (κ2) is 16.8. The van der Waals surface area contributed by atoms with Crippen molar-refractivity contribution in [2.75, 3.05) is 6.61 Å². The highest BCUT2D eigenvalue weighted by Gasteiger charge is 2.50. The Morgan fingerprint density at radius 1 is 0.750 bits per heavy atom. The number of carbonyl (C=O) groups is 3. The smallest absolute Gasteiger partial charge is 0.408 e. The Morgan fingerprint density at radius 2 is 1.23 bits per heavy atom. The van der Waals surface area contributed by atoms with Gasteiger partial charge in [0.1, 0.15) is 23.3 Å². The summed E-state index contributed by atoms with van der Waals surface area (Å²) in [4.78, 5) is 40.5. The number of allylic oxidation sites excluding steroid dienone is 1. The van der Waals surface area contributed by atoms with E-state index in [2.05, 4.69) is 55.7 Å². The lowest BCUT2D eigenvalue weighted by molar-refractivity contribution is -0.159. The molecule has 2 rings (SSSR count). The summed E-state index contributed by atoms with van der Waals surface area (Å²) >= 11 is 0. The lowest BCUT2D eigenvalue weighted by atomic mass is 9.92. The molecular formula is C39H60N2O6Si.